The van der Waals surface area contributed by atoms with E-state index in [9.17, 15) is 0 Å². The molecule has 0 amide bonds. The van der Waals surface area contributed by atoms with Crippen LogP contribution in [0.4, 0.5) is 0 Å². The van der Waals surface area contributed by atoms with Crippen LogP contribution in [0.15, 0.2) is 12.2 Å². The second kappa shape index (κ2) is 9.18. The molecule has 72 valence electrons. The molecule has 0 heterocycles. The lowest BCUT2D eigenvalue weighted by atomic mass is 10.4. The number of hydrogen-bond donors (Lipinski definition) is 0. The minimum Gasteiger partial charge on any atom is -0.334 e. The zero-order valence-electron chi connectivity index (χ0n) is 8.25. The van der Waals surface area contributed by atoms with Gasteiger partial charge in [0.05, 0.1) is 13.2 Å². The standard InChI is InChI=1S/C9H19O2P/c1-4-7-8-9-12(10-5-2)11-6-3/h7-8H,4-6,9H2,1-3H3/b8-7+. The maximum Gasteiger partial charge on any atom is 0.174 e. The molecule has 3 heteroatoms. The maximum absolute atomic E-state index is 5.42. The highest BCUT2D eigenvalue weighted by Crippen LogP contribution is 2.37. The van der Waals surface area contributed by atoms with E-state index >= 15 is 0 Å². The Morgan fingerprint density at radius 2 is 1.58 bits per heavy atom. The highest BCUT2D eigenvalue weighted by atomic mass is 31.2. The smallest absolute Gasteiger partial charge is 0.174 e. The molecule has 0 rings (SSSR count). The lowest BCUT2D eigenvalue weighted by molar-refractivity contribution is 0.271. The molecular formula is C9H19O2P. The first-order valence-electron chi connectivity index (χ1n) is 4.53. The van der Waals surface area contributed by atoms with Crippen molar-refractivity contribution in [2.45, 2.75) is 27.2 Å². The number of rotatable bonds is 7. The van der Waals surface area contributed by atoms with E-state index in [4.69, 9.17) is 9.05 Å². The number of allylic oxidation sites excluding steroid dienone is 2. The van der Waals surface area contributed by atoms with Crippen molar-refractivity contribution < 1.29 is 9.05 Å². The number of hydrogen-bond acceptors (Lipinski definition) is 2. The van der Waals surface area contributed by atoms with E-state index in [1.165, 1.54) is 0 Å². The molecule has 0 aromatic carbocycles. The maximum atomic E-state index is 5.42. The minimum absolute atomic E-state index is 0.659. The van der Waals surface area contributed by atoms with E-state index in [2.05, 4.69) is 19.1 Å². The second-order valence-electron chi connectivity index (χ2n) is 2.23. The average molecular weight is 190 g/mol. The van der Waals surface area contributed by atoms with Gasteiger partial charge in [0.15, 0.2) is 8.38 Å². The fraction of sp³-hybridized carbons (Fsp3) is 0.778. The second-order valence-corrected chi connectivity index (χ2v) is 3.78. The molecule has 0 spiro atoms. The van der Waals surface area contributed by atoms with Crippen LogP contribution in [0.1, 0.15) is 27.2 Å². The summed E-state index contributed by atoms with van der Waals surface area (Å²) in [6.45, 7) is 7.60. The Hall–Kier alpha value is 0.0900. The lowest BCUT2D eigenvalue weighted by Crippen LogP contribution is -1.92. The highest BCUT2D eigenvalue weighted by molar-refractivity contribution is 7.47. The van der Waals surface area contributed by atoms with Crippen LogP contribution >= 0.6 is 8.38 Å². The molecule has 2 nitrogen and oxygen atoms in total. The fourth-order valence-electron chi connectivity index (χ4n) is 0.758. The molecule has 12 heavy (non-hydrogen) atoms. The van der Waals surface area contributed by atoms with E-state index in [0.717, 1.165) is 25.8 Å². The van der Waals surface area contributed by atoms with Crippen molar-refractivity contribution in [1.82, 2.24) is 0 Å². The molecule has 0 aromatic rings. The van der Waals surface area contributed by atoms with Crippen LogP contribution < -0.4 is 0 Å². The van der Waals surface area contributed by atoms with Crippen molar-refractivity contribution >= 4 is 8.38 Å². The van der Waals surface area contributed by atoms with Crippen molar-refractivity contribution in [1.29, 1.82) is 0 Å². The van der Waals surface area contributed by atoms with E-state index in [-0.39, 0.29) is 0 Å². The third-order valence-corrected chi connectivity index (χ3v) is 2.80. The van der Waals surface area contributed by atoms with E-state index in [1.54, 1.807) is 0 Å². The summed E-state index contributed by atoms with van der Waals surface area (Å²) < 4.78 is 10.8. The van der Waals surface area contributed by atoms with E-state index < -0.39 is 8.38 Å². The summed E-state index contributed by atoms with van der Waals surface area (Å²) in [5.41, 5.74) is 0. The van der Waals surface area contributed by atoms with Crippen LogP contribution in [0, 0.1) is 0 Å². The van der Waals surface area contributed by atoms with Crippen molar-refractivity contribution in [3.8, 4) is 0 Å². The monoisotopic (exact) mass is 190 g/mol. The van der Waals surface area contributed by atoms with Gasteiger partial charge >= 0.3 is 0 Å². The molecule has 0 bridgehead atoms. The van der Waals surface area contributed by atoms with Gasteiger partial charge in [-0.3, -0.25) is 0 Å². The highest BCUT2D eigenvalue weighted by Gasteiger charge is 2.04. The summed E-state index contributed by atoms with van der Waals surface area (Å²) in [6.07, 6.45) is 6.29. The summed E-state index contributed by atoms with van der Waals surface area (Å²) >= 11 is 0. The van der Waals surface area contributed by atoms with Crippen molar-refractivity contribution in [2.24, 2.45) is 0 Å². The van der Waals surface area contributed by atoms with Gasteiger partial charge in [-0.05, 0) is 20.3 Å². The van der Waals surface area contributed by atoms with E-state index in [1.807, 2.05) is 13.8 Å². The average Bonchev–Trinajstić information content (AvgIpc) is 2.06. The van der Waals surface area contributed by atoms with Crippen LogP contribution in [0.3, 0.4) is 0 Å². The molecule has 0 saturated heterocycles. The van der Waals surface area contributed by atoms with Gasteiger partial charge in [-0.15, -0.1) is 0 Å². The van der Waals surface area contributed by atoms with Crippen LogP contribution in [-0.4, -0.2) is 19.4 Å². The van der Waals surface area contributed by atoms with Crippen LogP contribution in [-0.2, 0) is 9.05 Å². The van der Waals surface area contributed by atoms with E-state index in [0.29, 0.717) is 0 Å². The van der Waals surface area contributed by atoms with Crippen LogP contribution in [0.5, 0.6) is 0 Å². The zero-order valence-corrected chi connectivity index (χ0v) is 9.14. The molecule has 0 aliphatic heterocycles. The predicted octanol–water partition coefficient (Wildman–Crippen LogP) is 3.34. The summed E-state index contributed by atoms with van der Waals surface area (Å²) in [5.74, 6) is 0. The van der Waals surface area contributed by atoms with Gasteiger partial charge < -0.3 is 9.05 Å². The minimum atomic E-state index is -0.659. The van der Waals surface area contributed by atoms with Gasteiger partial charge in [0.25, 0.3) is 0 Å². The molecule has 0 fully saturated rings. The first kappa shape index (κ1) is 12.1. The summed E-state index contributed by atoms with van der Waals surface area (Å²) in [5, 5.41) is 0. The molecule has 0 aliphatic rings. The lowest BCUT2D eigenvalue weighted by Gasteiger charge is -2.12. The van der Waals surface area contributed by atoms with Crippen molar-refractivity contribution in [3.05, 3.63) is 12.2 Å². The largest absolute Gasteiger partial charge is 0.334 e. The third-order valence-electron chi connectivity index (χ3n) is 1.20. The molecule has 0 aliphatic carbocycles. The fourth-order valence-corrected chi connectivity index (χ4v) is 1.94. The quantitative estimate of drug-likeness (QED) is 0.453. The molecule has 0 N–H and O–H groups in total. The Morgan fingerprint density at radius 1 is 1.00 bits per heavy atom. The molecule has 0 unspecified atom stereocenters. The molecule has 0 saturated carbocycles. The molecule has 0 atom stereocenters. The first-order chi connectivity index (χ1) is 5.85. The zero-order chi connectivity index (χ0) is 9.23. The Balaban J connectivity index is 3.54. The van der Waals surface area contributed by atoms with Gasteiger partial charge in [0, 0.05) is 6.16 Å². The van der Waals surface area contributed by atoms with Crippen molar-refractivity contribution in [2.75, 3.05) is 19.4 Å². The van der Waals surface area contributed by atoms with Crippen LogP contribution in [0.2, 0.25) is 0 Å². The van der Waals surface area contributed by atoms with Crippen LogP contribution in [0.25, 0.3) is 0 Å². The summed E-state index contributed by atoms with van der Waals surface area (Å²) in [4.78, 5) is 0. The van der Waals surface area contributed by atoms with Gasteiger partial charge in [-0.25, -0.2) is 0 Å². The Bertz CT molecular complexity index is 109. The Kier molecular flexibility index (Phi) is 9.25. The Labute approximate surface area is 76.9 Å². The summed E-state index contributed by atoms with van der Waals surface area (Å²) in [6, 6.07) is 0. The predicted molar refractivity (Wildman–Crippen MR) is 54.5 cm³/mol. The van der Waals surface area contributed by atoms with Gasteiger partial charge in [-0.2, -0.15) is 0 Å². The third kappa shape index (κ3) is 6.78. The van der Waals surface area contributed by atoms with Gasteiger partial charge in [0.1, 0.15) is 0 Å². The van der Waals surface area contributed by atoms with Gasteiger partial charge in [0.2, 0.25) is 0 Å². The molecular weight excluding hydrogens is 171 g/mol. The SMILES string of the molecule is CC/C=C/CP(OCC)OCC. The molecule has 0 aromatic heterocycles. The van der Waals surface area contributed by atoms with Gasteiger partial charge in [-0.1, -0.05) is 19.1 Å². The normalized spacial score (nSPS) is 11.7. The summed E-state index contributed by atoms with van der Waals surface area (Å²) in [7, 11) is -0.659. The first-order valence-corrected chi connectivity index (χ1v) is 5.89. The topological polar surface area (TPSA) is 18.5 Å². The Morgan fingerprint density at radius 3 is 2.00 bits per heavy atom. The molecule has 0 radical (unpaired) electrons. The van der Waals surface area contributed by atoms with Crippen molar-refractivity contribution in [3.63, 3.8) is 0 Å².